The average molecular weight is 987 g/mol. The first-order chi connectivity index (χ1) is 35.5. The zero-order chi connectivity index (χ0) is 51.6. The van der Waals surface area contributed by atoms with Crippen molar-refractivity contribution < 1.29 is 24.3 Å². The Morgan fingerprint density at radius 2 is 0.904 bits per heavy atom. The molecule has 3 amide bonds. The van der Waals surface area contributed by atoms with Crippen LogP contribution < -0.4 is 32.8 Å². The van der Waals surface area contributed by atoms with Gasteiger partial charge >= 0.3 is 5.97 Å². The topological polar surface area (TPSA) is 256 Å². The molecule has 0 fully saturated rings. The number of nitrogens with zero attached hydrogens (tertiary/aromatic N) is 8. The van der Waals surface area contributed by atoms with Crippen LogP contribution in [-0.4, -0.2) is 67.9 Å². The number of nitrogens with one attached hydrogen (secondary N) is 3. The second kappa shape index (κ2) is 28.5. The molecule has 4 aromatic carbocycles. The Morgan fingerprint density at radius 1 is 0.507 bits per heavy atom. The van der Waals surface area contributed by atoms with Gasteiger partial charge in [-0.15, -0.1) is 10.2 Å². The van der Waals surface area contributed by atoms with E-state index < -0.39 is 5.97 Å². The third-order valence-corrected chi connectivity index (χ3v) is 11.0. The van der Waals surface area contributed by atoms with Gasteiger partial charge < -0.3 is 35.9 Å². The monoisotopic (exact) mass is 986 g/mol. The zero-order valence-electron chi connectivity index (χ0n) is 40.2. The molecule has 0 unspecified atom stereocenters. The molecule has 0 aliphatic carbocycles. The molecule has 8 aromatic rings. The number of unbranched alkanes of at least 4 members (excludes halogenated alkanes) is 2. The summed E-state index contributed by atoms with van der Waals surface area (Å²) < 4.78 is 6.27. The Bertz CT molecular complexity index is 3100. The van der Waals surface area contributed by atoms with E-state index in [9.17, 15) is 28.8 Å². The minimum Gasteiger partial charge on any atom is -0.476 e. The SMILES string of the molecule is NCc1ccccc1.O=C(Cc1ccccc1)Nc1ccn(CCCCn2cc(C(=O)NCc3ccccc3)nn2)c(=O)c1.O=C(Cc1ccccc1)Nc1ccn(CCCCn2cc(C(=O)O)nn2)c(=O)c1. The first kappa shape index (κ1) is 53.3. The van der Waals surface area contributed by atoms with Gasteiger partial charge in [0.05, 0.1) is 25.2 Å². The summed E-state index contributed by atoms with van der Waals surface area (Å²) in [6, 6.07) is 44.7. The number of amides is 3. The van der Waals surface area contributed by atoms with Crippen molar-refractivity contribution in [3.05, 3.63) is 225 Å². The van der Waals surface area contributed by atoms with Gasteiger partial charge in [-0.1, -0.05) is 132 Å². The van der Waals surface area contributed by atoms with Crippen molar-refractivity contribution in [2.75, 3.05) is 10.6 Å². The molecule has 19 heteroatoms. The Balaban J connectivity index is 0.000000210. The number of nitrogens with two attached hydrogens (primary N) is 1. The molecule has 0 aliphatic heterocycles. The maximum Gasteiger partial charge on any atom is 0.358 e. The predicted octanol–water partition coefficient (Wildman–Crippen LogP) is 5.98. The number of anilines is 2. The summed E-state index contributed by atoms with van der Waals surface area (Å²) in [6.45, 7) is 3.22. The van der Waals surface area contributed by atoms with E-state index in [1.807, 2.05) is 121 Å². The molecular weight excluding hydrogens is 929 g/mol. The molecule has 0 saturated carbocycles. The molecule has 0 bridgehead atoms. The van der Waals surface area contributed by atoms with Gasteiger partial charge in [0.2, 0.25) is 11.8 Å². The van der Waals surface area contributed by atoms with E-state index in [1.165, 1.54) is 28.6 Å². The summed E-state index contributed by atoms with van der Waals surface area (Å²) >= 11 is 0. The largest absolute Gasteiger partial charge is 0.476 e. The minimum atomic E-state index is -1.11. The molecular formula is C54H58N12O7. The maximum atomic E-state index is 12.4. The summed E-state index contributed by atoms with van der Waals surface area (Å²) in [6.07, 6.45) is 9.76. The number of carbonyl (C=O) groups is 4. The van der Waals surface area contributed by atoms with Crippen molar-refractivity contribution in [3.63, 3.8) is 0 Å². The zero-order valence-corrected chi connectivity index (χ0v) is 40.2. The van der Waals surface area contributed by atoms with Crippen molar-refractivity contribution in [2.24, 2.45) is 5.73 Å². The van der Waals surface area contributed by atoms with Crippen molar-refractivity contribution in [1.29, 1.82) is 0 Å². The lowest BCUT2D eigenvalue weighted by atomic mass is 10.1. The van der Waals surface area contributed by atoms with Gasteiger partial charge in [-0.3, -0.25) is 33.3 Å². The fourth-order valence-corrected chi connectivity index (χ4v) is 7.13. The van der Waals surface area contributed by atoms with E-state index in [0.717, 1.165) is 29.5 Å². The highest BCUT2D eigenvalue weighted by atomic mass is 16.4. The molecule has 8 rings (SSSR count). The molecule has 19 nitrogen and oxygen atoms in total. The third-order valence-electron chi connectivity index (χ3n) is 11.0. The summed E-state index contributed by atoms with van der Waals surface area (Å²) in [4.78, 5) is 72.0. The highest BCUT2D eigenvalue weighted by Crippen LogP contribution is 2.09. The standard InChI is InChI=1S/C27H28N6O3.C20H21N5O4.C7H9N/c34-25(17-21-9-3-1-4-10-21)29-23-13-16-32(26(35)18-23)14-7-8-15-33-20-24(30-31-33)27(36)28-19-22-11-5-2-6-12-22;26-18(12-15-6-2-1-3-7-15)21-16-8-11-24(19(27)13-16)9-4-5-10-25-14-17(20(28)29)22-23-25;8-6-7-4-2-1-3-5-7/h1-6,9-13,16,18,20H,7-8,14-15,17,19H2,(H,28,36)(H,29,34);1-3,6-8,11,13-14H,4-5,9-10,12H2,(H,21,26)(H,28,29);1-5H,6,8H2. The Morgan fingerprint density at radius 3 is 1.30 bits per heavy atom. The van der Waals surface area contributed by atoms with Gasteiger partial charge in [0.15, 0.2) is 11.4 Å². The van der Waals surface area contributed by atoms with E-state index in [4.69, 9.17) is 10.8 Å². The van der Waals surface area contributed by atoms with Crippen LogP contribution in [0.3, 0.4) is 0 Å². The summed E-state index contributed by atoms with van der Waals surface area (Å²) in [7, 11) is 0. The van der Waals surface area contributed by atoms with Crippen LogP contribution in [0.5, 0.6) is 0 Å². The Hall–Kier alpha value is -9.10. The number of rotatable bonds is 21. The molecule has 73 heavy (non-hydrogen) atoms. The quantitative estimate of drug-likeness (QED) is 0.0522. The number of aryl methyl sites for hydroxylation is 4. The van der Waals surface area contributed by atoms with Crippen molar-refractivity contribution in [1.82, 2.24) is 44.4 Å². The van der Waals surface area contributed by atoms with Crippen LogP contribution in [0.4, 0.5) is 11.4 Å². The smallest absolute Gasteiger partial charge is 0.358 e. The van der Waals surface area contributed by atoms with E-state index >= 15 is 0 Å². The highest BCUT2D eigenvalue weighted by Gasteiger charge is 2.12. The van der Waals surface area contributed by atoms with E-state index in [0.29, 0.717) is 63.5 Å². The Labute approximate surface area is 421 Å². The molecule has 0 saturated heterocycles. The lowest BCUT2D eigenvalue weighted by Gasteiger charge is -2.09. The van der Waals surface area contributed by atoms with Crippen LogP contribution in [0.25, 0.3) is 0 Å². The second-order valence-electron chi connectivity index (χ2n) is 16.6. The molecule has 376 valence electrons. The number of aromatic nitrogens is 8. The van der Waals surface area contributed by atoms with Gasteiger partial charge in [-0.25, -0.2) is 4.79 Å². The number of hydrogen-bond donors (Lipinski definition) is 5. The minimum absolute atomic E-state index is 0.0916. The van der Waals surface area contributed by atoms with Gasteiger partial charge in [0.1, 0.15) is 0 Å². The number of carboxylic acid groups (broad SMARTS) is 1. The van der Waals surface area contributed by atoms with Gasteiger partial charge in [0.25, 0.3) is 17.0 Å². The predicted molar refractivity (Wildman–Crippen MR) is 276 cm³/mol. The van der Waals surface area contributed by atoms with Crippen LogP contribution in [0.2, 0.25) is 0 Å². The van der Waals surface area contributed by atoms with Gasteiger partial charge in [0, 0.05) is 75.2 Å². The van der Waals surface area contributed by atoms with E-state index in [2.05, 4.69) is 36.6 Å². The number of benzene rings is 4. The molecule has 0 radical (unpaired) electrons. The number of carboxylic acids is 1. The molecule has 4 heterocycles. The third kappa shape index (κ3) is 18.6. The van der Waals surface area contributed by atoms with Crippen LogP contribution in [0.1, 0.15) is 68.9 Å². The molecule has 0 spiro atoms. The average Bonchev–Trinajstić information content (AvgIpc) is 4.09. The van der Waals surface area contributed by atoms with E-state index in [-0.39, 0.29) is 53.1 Å². The molecule has 0 atom stereocenters. The normalized spacial score (nSPS) is 10.5. The summed E-state index contributed by atoms with van der Waals surface area (Å²) in [5, 5.41) is 32.4. The number of pyridine rings is 2. The summed E-state index contributed by atoms with van der Waals surface area (Å²) in [5.74, 6) is -1.73. The Kier molecular flexibility index (Phi) is 20.8. The van der Waals surface area contributed by atoms with Crippen molar-refractivity contribution >= 4 is 35.1 Å². The molecule has 0 aliphatic rings. The van der Waals surface area contributed by atoms with Gasteiger partial charge in [-0.2, -0.15) is 0 Å². The van der Waals surface area contributed by atoms with Crippen LogP contribution in [0, 0.1) is 0 Å². The van der Waals surface area contributed by atoms with Gasteiger partial charge in [-0.05, 0) is 60.1 Å². The lowest BCUT2D eigenvalue weighted by molar-refractivity contribution is -0.116. The lowest BCUT2D eigenvalue weighted by Crippen LogP contribution is -2.23. The maximum absolute atomic E-state index is 12.4. The fourth-order valence-electron chi connectivity index (χ4n) is 7.13. The summed E-state index contributed by atoms with van der Waals surface area (Å²) in [5.41, 5.74) is 10.1. The number of aromatic carboxylic acids is 1. The highest BCUT2D eigenvalue weighted by molar-refractivity contribution is 5.93. The van der Waals surface area contributed by atoms with Crippen molar-refractivity contribution in [3.8, 4) is 0 Å². The first-order valence-corrected chi connectivity index (χ1v) is 23.7. The van der Waals surface area contributed by atoms with Crippen LogP contribution >= 0.6 is 0 Å². The number of carbonyl (C=O) groups excluding carboxylic acids is 3. The first-order valence-electron chi connectivity index (χ1n) is 23.7. The van der Waals surface area contributed by atoms with Crippen LogP contribution in [0.15, 0.2) is 180 Å². The molecule has 4 aromatic heterocycles. The second-order valence-corrected chi connectivity index (χ2v) is 16.6. The molecule has 6 N–H and O–H groups in total. The van der Waals surface area contributed by atoms with Crippen LogP contribution in [-0.2, 0) is 61.7 Å². The van der Waals surface area contributed by atoms with Crippen molar-refractivity contribution in [2.45, 2.75) is 77.8 Å². The fraction of sp³-hybridized carbons (Fsp3) is 0.222. The van der Waals surface area contributed by atoms with E-state index in [1.54, 1.807) is 44.5 Å². The number of hydrogen-bond acceptors (Lipinski definition) is 11.